The molecule has 0 aliphatic carbocycles. The van der Waals surface area contributed by atoms with Gasteiger partial charge in [-0.1, -0.05) is 27.2 Å². The van der Waals surface area contributed by atoms with Gasteiger partial charge in [-0.05, 0) is 46.3 Å². The van der Waals surface area contributed by atoms with Crippen LogP contribution in [0.15, 0.2) is 0 Å². The van der Waals surface area contributed by atoms with Crippen LogP contribution >= 0.6 is 0 Å². The summed E-state index contributed by atoms with van der Waals surface area (Å²) in [5, 5.41) is 3.75. The fraction of sp³-hybridized carbons (Fsp3) is 1.00. The summed E-state index contributed by atoms with van der Waals surface area (Å²) in [6.07, 6.45) is 3.86. The molecule has 0 aromatic carbocycles. The van der Waals surface area contributed by atoms with Crippen LogP contribution in [0.1, 0.15) is 47.0 Å². The molecule has 3 unspecified atom stereocenters. The highest BCUT2D eigenvalue weighted by atomic mass is 15.3. The van der Waals surface area contributed by atoms with Crippen LogP contribution in [0, 0.1) is 5.92 Å². The van der Waals surface area contributed by atoms with Crippen LogP contribution in [0.25, 0.3) is 0 Å². The molecule has 114 valence electrons. The van der Waals surface area contributed by atoms with Crippen molar-refractivity contribution in [3.8, 4) is 0 Å². The van der Waals surface area contributed by atoms with E-state index in [4.69, 9.17) is 0 Å². The van der Waals surface area contributed by atoms with Gasteiger partial charge >= 0.3 is 0 Å². The number of nitrogens with one attached hydrogen (secondary N) is 1. The molecule has 0 bridgehead atoms. The van der Waals surface area contributed by atoms with Crippen LogP contribution < -0.4 is 5.32 Å². The molecule has 1 rings (SSSR count). The summed E-state index contributed by atoms with van der Waals surface area (Å²) in [4.78, 5) is 5.07. The van der Waals surface area contributed by atoms with Crippen LogP contribution in [0.3, 0.4) is 0 Å². The molecule has 1 aliphatic heterocycles. The van der Waals surface area contributed by atoms with Gasteiger partial charge in [-0.2, -0.15) is 0 Å². The summed E-state index contributed by atoms with van der Waals surface area (Å²) < 4.78 is 0. The Bertz CT molecular complexity index is 240. The summed E-state index contributed by atoms with van der Waals surface area (Å²) in [7, 11) is 4.34. The van der Waals surface area contributed by atoms with Crippen LogP contribution in [-0.4, -0.2) is 61.7 Å². The Morgan fingerprint density at radius 2 is 1.95 bits per heavy atom. The Balaban J connectivity index is 2.59. The molecule has 0 radical (unpaired) electrons. The minimum absolute atomic E-state index is 0.691. The van der Waals surface area contributed by atoms with Crippen LogP contribution in [0.2, 0.25) is 0 Å². The minimum atomic E-state index is 0.691. The van der Waals surface area contributed by atoms with Gasteiger partial charge < -0.3 is 10.2 Å². The maximum absolute atomic E-state index is 3.75. The standard InChI is InChI=1S/C16H35N3/c1-7-8-15-12-19(14(4)9-10-18(5)6)16(11-17-15)13(2)3/h13-17H,7-12H2,1-6H3. The second-order valence-corrected chi connectivity index (χ2v) is 6.84. The van der Waals surface area contributed by atoms with Gasteiger partial charge in [0.2, 0.25) is 0 Å². The first kappa shape index (κ1) is 16.9. The monoisotopic (exact) mass is 269 g/mol. The number of rotatable bonds is 7. The Hall–Kier alpha value is -0.120. The maximum atomic E-state index is 3.75. The smallest absolute Gasteiger partial charge is 0.0247 e. The van der Waals surface area contributed by atoms with Gasteiger partial charge in [-0.3, -0.25) is 4.90 Å². The van der Waals surface area contributed by atoms with Gasteiger partial charge in [0, 0.05) is 31.2 Å². The highest BCUT2D eigenvalue weighted by molar-refractivity contribution is 4.90. The van der Waals surface area contributed by atoms with Gasteiger partial charge in [0.15, 0.2) is 0 Å². The van der Waals surface area contributed by atoms with E-state index in [1.54, 1.807) is 0 Å². The van der Waals surface area contributed by atoms with Crippen molar-refractivity contribution in [3.05, 3.63) is 0 Å². The van der Waals surface area contributed by atoms with Crippen LogP contribution in [0.4, 0.5) is 0 Å². The lowest BCUT2D eigenvalue weighted by Crippen LogP contribution is -2.60. The van der Waals surface area contributed by atoms with Gasteiger partial charge in [0.05, 0.1) is 0 Å². The predicted molar refractivity (Wildman–Crippen MR) is 84.7 cm³/mol. The Morgan fingerprint density at radius 1 is 1.26 bits per heavy atom. The molecule has 1 heterocycles. The molecule has 0 spiro atoms. The van der Waals surface area contributed by atoms with E-state index in [0.29, 0.717) is 18.1 Å². The number of nitrogens with zero attached hydrogens (tertiary/aromatic N) is 2. The summed E-state index contributed by atoms with van der Waals surface area (Å²) in [6.45, 7) is 13.0. The first-order chi connectivity index (χ1) is 8.95. The third-order valence-electron chi connectivity index (χ3n) is 4.44. The fourth-order valence-electron chi connectivity index (χ4n) is 3.14. The Labute approximate surface area is 120 Å². The first-order valence-electron chi connectivity index (χ1n) is 8.09. The highest BCUT2D eigenvalue weighted by Crippen LogP contribution is 2.21. The quantitative estimate of drug-likeness (QED) is 0.766. The zero-order valence-electron chi connectivity index (χ0n) is 13.9. The minimum Gasteiger partial charge on any atom is -0.311 e. The molecule has 3 nitrogen and oxygen atoms in total. The lowest BCUT2D eigenvalue weighted by atomic mass is 9.94. The molecule has 0 aromatic rings. The third-order valence-corrected chi connectivity index (χ3v) is 4.44. The van der Waals surface area contributed by atoms with E-state index in [9.17, 15) is 0 Å². The van der Waals surface area contributed by atoms with Gasteiger partial charge in [0.25, 0.3) is 0 Å². The van der Waals surface area contributed by atoms with Gasteiger partial charge in [-0.25, -0.2) is 0 Å². The lowest BCUT2D eigenvalue weighted by molar-refractivity contribution is 0.0540. The Morgan fingerprint density at radius 3 is 2.47 bits per heavy atom. The van der Waals surface area contributed by atoms with Crippen molar-refractivity contribution in [1.29, 1.82) is 0 Å². The Kier molecular flexibility index (Phi) is 7.33. The predicted octanol–water partition coefficient (Wildman–Crippen LogP) is 2.43. The average molecular weight is 269 g/mol. The molecule has 0 amide bonds. The molecule has 3 heteroatoms. The van der Waals surface area contributed by atoms with E-state index in [-0.39, 0.29) is 0 Å². The van der Waals surface area contributed by atoms with Crippen molar-refractivity contribution in [3.63, 3.8) is 0 Å². The third kappa shape index (κ3) is 5.41. The molecule has 0 saturated carbocycles. The van der Waals surface area contributed by atoms with Crippen molar-refractivity contribution in [1.82, 2.24) is 15.1 Å². The normalized spacial score (nSPS) is 27.2. The fourth-order valence-corrected chi connectivity index (χ4v) is 3.14. The number of piperazine rings is 1. The zero-order chi connectivity index (χ0) is 14.4. The molecule has 1 fully saturated rings. The largest absolute Gasteiger partial charge is 0.311 e. The average Bonchev–Trinajstić information content (AvgIpc) is 2.36. The van der Waals surface area contributed by atoms with Crippen LogP contribution in [0.5, 0.6) is 0 Å². The van der Waals surface area contributed by atoms with Crippen molar-refractivity contribution in [2.75, 3.05) is 33.7 Å². The zero-order valence-corrected chi connectivity index (χ0v) is 13.9. The van der Waals surface area contributed by atoms with Crippen molar-refractivity contribution < 1.29 is 0 Å². The lowest BCUT2D eigenvalue weighted by Gasteiger charge is -2.46. The van der Waals surface area contributed by atoms with Crippen molar-refractivity contribution >= 4 is 0 Å². The molecule has 1 aliphatic rings. The summed E-state index contributed by atoms with van der Waals surface area (Å²) in [6, 6.07) is 2.09. The van der Waals surface area contributed by atoms with Crippen LogP contribution in [-0.2, 0) is 0 Å². The van der Waals surface area contributed by atoms with E-state index in [2.05, 4.69) is 56.9 Å². The van der Waals surface area contributed by atoms with Crippen molar-refractivity contribution in [2.45, 2.75) is 65.1 Å². The molecule has 3 atom stereocenters. The molecular formula is C16H35N3. The SMILES string of the molecule is CCCC1CN(C(C)CCN(C)C)C(C(C)C)CN1. The number of hydrogen-bond acceptors (Lipinski definition) is 3. The van der Waals surface area contributed by atoms with E-state index in [0.717, 1.165) is 12.5 Å². The molecule has 1 saturated heterocycles. The molecule has 19 heavy (non-hydrogen) atoms. The van der Waals surface area contributed by atoms with E-state index < -0.39 is 0 Å². The number of hydrogen-bond donors (Lipinski definition) is 1. The van der Waals surface area contributed by atoms with E-state index >= 15 is 0 Å². The van der Waals surface area contributed by atoms with Gasteiger partial charge in [-0.15, -0.1) is 0 Å². The van der Waals surface area contributed by atoms with Crippen molar-refractivity contribution in [2.24, 2.45) is 5.92 Å². The summed E-state index contributed by atoms with van der Waals surface area (Å²) in [5.74, 6) is 0.733. The first-order valence-corrected chi connectivity index (χ1v) is 8.09. The molecular weight excluding hydrogens is 234 g/mol. The summed E-state index contributed by atoms with van der Waals surface area (Å²) >= 11 is 0. The second-order valence-electron chi connectivity index (χ2n) is 6.84. The molecule has 0 aromatic heterocycles. The maximum Gasteiger partial charge on any atom is 0.0247 e. The molecule has 1 N–H and O–H groups in total. The second kappa shape index (κ2) is 8.23. The highest BCUT2D eigenvalue weighted by Gasteiger charge is 2.32. The van der Waals surface area contributed by atoms with Gasteiger partial charge in [0.1, 0.15) is 0 Å². The van der Waals surface area contributed by atoms with E-state index in [1.807, 2.05) is 0 Å². The topological polar surface area (TPSA) is 18.5 Å². The summed E-state index contributed by atoms with van der Waals surface area (Å²) in [5.41, 5.74) is 0. The van der Waals surface area contributed by atoms with E-state index in [1.165, 1.54) is 32.4 Å².